The van der Waals surface area contributed by atoms with Crippen molar-refractivity contribution < 1.29 is 4.79 Å². The van der Waals surface area contributed by atoms with Crippen LogP contribution in [0.5, 0.6) is 0 Å². The van der Waals surface area contributed by atoms with Gasteiger partial charge in [0.2, 0.25) is 0 Å². The van der Waals surface area contributed by atoms with E-state index in [0.717, 1.165) is 30.3 Å². The maximum Gasteiger partial charge on any atom is 0.275 e. The van der Waals surface area contributed by atoms with Crippen LogP contribution in [0, 0.1) is 0 Å². The summed E-state index contributed by atoms with van der Waals surface area (Å²) in [5, 5.41) is 17.4. The molecular weight excluding hydrogens is 340 g/mol. The number of nitrogens with zero attached hydrogens (tertiary/aromatic N) is 7. The van der Waals surface area contributed by atoms with Crippen LogP contribution in [-0.4, -0.2) is 46.7 Å². The van der Waals surface area contributed by atoms with Gasteiger partial charge < -0.3 is 14.8 Å². The van der Waals surface area contributed by atoms with E-state index in [1.165, 1.54) is 11.5 Å². The summed E-state index contributed by atoms with van der Waals surface area (Å²) in [4.78, 5) is 18.3. The summed E-state index contributed by atoms with van der Waals surface area (Å²) in [5.41, 5.74) is 1.32. The van der Waals surface area contributed by atoms with Gasteiger partial charge >= 0.3 is 0 Å². The smallest absolute Gasteiger partial charge is 0.275 e. The Morgan fingerprint density at radius 1 is 1.28 bits per heavy atom. The summed E-state index contributed by atoms with van der Waals surface area (Å²) >= 11 is 1.18. The molecule has 0 bridgehead atoms. The van der Waals surface area contributed by atoms with Gasteiger partial charge in [-0.3, -0.25) is 9.78 Å². The zero-order chi connectivity index (χ0) is 17.1. The molecule has 0 saturated heterocycles. The van der Waals surface area contributed by atoms with Gasteiger partial charge in [-0.15, -0.1) is 15.3 Å². The molecule has 0 atom stereocenters. The maximum atomic E-state index is 12.5. The van der Waals surface area contributed by atoms with Gasteiger partial charge in [-0.05, 0) is 30.1 Å². The monoisotopic (exact) mass is 356 g/mol. The fraction of sp³-hybridized carbons (Fsp3) is 0.333. The van der Waals surface area contributed by atoms with Crippen molar-refractivity contribution in [1.29, 1.82) is 0 Å². The van der Waals surface area contributed by atoms with Crippen molar-refractivity contribution in [3.8, 4) is 0 Å². The zero-order valence-corrected chi connectivity index (χ0v) is 14.2. The second-order valence-corrected chi connectivity index (χ2v) is 6.26. The molecule has 1 amide bonds. The lowest BCUT2D eigenvalue weighted by Crippen LogP contribution is -2.31. The Bertz CT molecular complexity index is 848. The topological polar surface area (TPSA) is 102 Å². The number of hydrogen-bond acceptors (Lipinski definition) is 8. The van der Waals surface area contributed by atoms with Gasteiger partial charge in [0, 0.05) is 30.9 Å². The van der Waals surface area contributed by atoms with Crippen molar-refractivity contribution in [1.82, 2.24) is 34.2 Å². The number of hydrogen-bond donors (Lipinski definition) is 1. The summed E-state index contributed by atoms with van der Waals surface area (Å²) in [6.45, 7) is 2.43. The highest BCUT2D eigenvalue weighted by Gasteiger charge is 2.24. The first-order valence-corrected chi connectivity index (χ1v) is 8.76. The van der Waals surface area contributed by atoms with Gasteiger partial charge in [0.15, 0.2) is 17.3 Å². The molecule has 10 heteroatoms. The minimum absolute atomic E-state index is 0.111. The van der Waals surface area contributed by atoms with Crippen LogP contribution in [0.1, 0.15) is 28.6 Å². The molecule has 1 N–H and O–H groups in total. The van der Waals surface area contributed by atoms with E-state index in [1.54, 1.807) is 22.7 Å². The average Bonchev–Trinajstić information content (AvgIpc) is 3.26. The highest BCUT2D eigenvalue weighted by Crippen LogP contribution is 2.16. The first kappa shape index (κ1) is 15.6. The molecule has 0 fully saturated rings. The van der Waals surface area contributed by atoms with E-state index in [1.807, 2.05) is 12.1 Å². The first-order valence-electron chi connectivity index (χ1n) is 7.92. The van der Waals surface area contributed by atoms with Gasteiger partial charge in [-0.25, -0.2) is 0 Å². The highest BCUT2D eigenvalue weighted by molar-refractivity contribution is 7.03. The summed E-state index contributed by atoms with van der Waals surface area (Å²) in [7, 11) is 0. The van der Waals surface area contributed by atoms with Gasteiger partial charge in [0.1, 0.15) is 0 Å². The maximum absolute atomic E-state index is 12.5. The molecule has 9 nitrogen and oxygen atoms in total. The van der Waals surface area contributed by atoms with Gasteiger partial charge in [0.25, 0.3) is 5.91 Å². The largest absolute Gasteiger partial charge is 0.376 e. The van der Waals surface area contributed by atoms with Crippen LogP contribution in [0.15, 0.2) is 29.9 Å². The Labute approximate surface area is 147 Å². The number of pyridine rings is 1. The van der Waals surface area contributed by atoms with Crippen LogP contribution >= 0.6 is 11.5 Å². The molecule has 0 unspecified atom stereocenters. The molecule has 1 aliphatic heterocycles. The van der Waals surface area contributed by atoms with Crippen molar-refractivity contribution >= 4 is 23.1 Å². The molecule has 0 spiro atoms. The molecule has 4 heterocycles. The molecule has 3 aromatic heterocycles. The predicted octanol–water partition coefficient (Wildman–Crippen LogP) is 1.18. The van der Waals surface area contributed by atoms with Crippen LogP contribution in [0.2, 0.25) is 0 Å². The first-order chi connectivity index (χ1) is 12.3. The number of rotatable bonds is 4. The molecule has 3 aromatic rings. The Morgan fingerprint density at radius 3 is 3.04 bits per heavy atom. The predicted molar refractivity (Wildman–Crippen MR) is 90.9 cm³/mol. The number of carbonyl (C=O) groups excluding carboxylic acids is 1. The molecule has 0 aliphatic carbocycles. The fourth-order valence-electron chi connectivity index (χ4n) is 2.79. The highest BCUT2D eigenvalue weighted by atomic mass is 32.1. The summed E-state index contributed by atoms with van der Waals surface area (Å²) < 4.78 is 5.84. The zero-order valence-electron chi connectivity index (χ0n) is 13.4. The van der Waals surface area contributed by atoms with Crippen LogP contribution in [0.3, 0.4) is 0 Å². The normalized spacial score (nSPS) is 14.0. The third-order valence-corrected chi connectivity index (χ3v) is 4.53. The summed E-state index contributed by atoms with van der Waals surface area (Å²) in [5.74, 6) is 1.53. The second-order valence-electron chi connectivity index (χ2n) is 5.65. The Balaban J connectivity index is 1.48. The molecule has 4 rings (SSSR count). The van der Waals surface area contributed by atoms with E-state index in [0.29, 0.717) is 25.3 Å². The van der Waals surface area contributed by atoms with Crippen molar-refractivity contribution in [2.45, 2.75) is 26.1 Å². The van der Waals surface area contributed by atoms with E-state index >= 15 is 0 Å². The quantitative estimate of drug-likeness (QED) is 0.749. The Morgan fingerprint density at radius 2 is 2.24 bits per heavy atom. The molecule has 25 heavy (non-hydrogen) atoms. The molecule has 0 saturated carbocycles. The van der Waals surface area contributed by atoms with Crippen molar-refractivity contribution in [2.75, 3.05) is 11.9 Å². The van der Waals surface area contributed by atoms with Crippen LogP contribution < -0.4 is 5.32 Å². The van der Waals surface area contributed by atoms with E-state index < -0.39 is 0 Å². The van der Waals surface area contributed by atoms with Crippen molar-refractivity contribution in [2.24, 2.45) is 0 Å². The number of carbonyl (C=O) groups is 1. The minimum Gasteiger partial charge on any atom is -0.376 e. The van der Waals surface area contributed by atoms with Gasteiger partial charge in [-0.2, -0.15) is 0 Å². The van der Waals surface area contributed by atoms with Crippen molar-refractivity contribution in [3.05, 3.63) is 47.2 Å². The van der Waals surface area contributed by atoms with Crippen LogP contribution in [0.25, 0.3) is 0 Å². The lowest BCUT2D eigenvalue weighted by molar-refractivity contribution is 0.0737. The molecule has 0 aromatic carbocycles. The molecule has 128 valence electrons. The summed E-state index contributed by atoms with van der Waals surface area (Å²) in [6.07, 6.45) is 4.34. The molecule has 0 radical (unpaired) electrons. The Hall–Kier alpha value is -2.88. The minimum atomic E-state index is -0.111. The standard InChI is InChI=1S/C15H16N8OS/c24-15(12-10-25-21-18-12)22-5-2-6-23-13(19-20-14(23)9-22)8-17-11-3-1-4-16-7-11/h1,3-4,7,10,17H,2,5-6,8-9H2. The fourth-order valence-corrected chi connectivity index (χ4v) is 3.22. The van der Waals surface area contributed by atoms with Crippen molar-refractivity contribution in [3.63, 3.8) is 0 Å². The second kappa shape index (κ2) is 6.93. The molecule has 1 aliphatic rings. The lowest BCUT2D eigenvalue weighted by atomic mass is 10.3. The molecular formula is C15H16N8OS. The lowest BCUT2D eigenvalue weighted by Gasteiger charge is -2.17. The number of amides is 1. The SMILES string of the molecule is O=C(c1csnn1)N1CCCn2c(CNc3cccnc3)nnc2C1. The van der Waals surface area contributed by atoms with Crippen LogP contribution in [0.4, 0.5) is 5.69 Å². The summed E-state index contributed by atoms with van der Waals surface area (Å²) in [6, 6.07) is 3.83. The number of anilines is 1. The number of aromatic nitrogens is 6. The number of nitrogens with one attached hydrogen (secondary N) is 1. The van der Waals surface area contributed by atoms with E-state index in [2.05, 4.69) is 34.7 Å². The third kappa shape index (κ3) is 3.33. The van der Waals surface area contributed by atoms with Gasteiger partial charge in [-0.1, -0.05) is 4.49 Å². The van der Waals surface area contributed by atoms with Gasteiger partial charge in [0.05, 0.1) is 18.8 Å². The van der Waals surface area contributed by atoms with E-state index in [9.17, 15) is 4.79 Å². The number of fused-ring (bicyclic) bond motifs is 1. The average molecular weight is 356 g/mol. The van der Waals surface area contributed by atoms with Crippen LogP contribution in [-0.2, 0) is 19.6 Å². The van der Waals surface area contributed by atoms with E-state index in [4.69, 9.17) is 0 Å². The van der Waals surface area contributed by atoms with E-state index in [-0.39, 0.29) is 5.91 Å². The Kier molecular flexibility index (Phi) is 4.34. The third-order valence-electron chi connectivity index (χ3n) is 4.02.